The summed E-state index contributed by atoms with van der Waals surface area (Å²) in [5.74, 6) is 0.314. The highest BCUT2D eigenvalue weighted by atomic mass is 16.6. The second-order valence-corrected chi connectivity index (χ2v) is 4.90. The Morgan fingerprint density at radius 2 is 1.96 bits per heavy atom. The van der Waals surface area contributed by atoms with E-state index in [2.05, 4.69) is 10.3 Å². The molecule has 1 aliphatic heterocycles. The SMILES string of the molecule is COc1ccc(C2=Nc3c(cccc3[N+](=O)[O-])C(=O)NC2)cc1. The second-order valence-electron chi connectivity index (χ2n) is 4.90. The van der Waals surface area contributed by atoms with Crippen molar-refractivity contribution in [2.75, 3.05) is 13.7 Å². The molecule has 0 unspecified atom stereocenters. The lowest BCUT2D eigenvalue weighted by Crippen LogP contribution is -2.28. The fraction of sp³-hybridized carbons (Fsp3) is 0.125. The van der Waals surface area contributed by atoms with E-state index in [9.17, 15) is 14.9 Å². The van der Waals surface area contributed by atoms with Crippen LogP contribution in [0.5, 0.6) is 5.75 Å². The van der Waals surface area contributed by atoms with Crippen molar-refractivity contribution in [3.05, 3.63) is 63.7 Å². The number of nitrogens with zero attached hydrogens (tertiary/aromatic N) is 2. The van der Waals surface area contributed by atoms with E-state index in [0.29, 0.717) is 11.5 Å². The summed E-state index contributed by atoms with van der Waals surface area (Å²) in [6.45, 7) is 0.191. The van der Waals surface area contributed by atoms with Crippen molar-refractivity contribution in [1.82, 2.24) is 5.32 Å². The van der Waals surface area contributed by atoms with Gasteiger partial charge in [0.2, 0.25) is 0 Å². The van der Waals surface area contributed by atoms with Gasteiger partial charge < -0.3 is 10.1 Å². The summed E-state index contributed by atoms with van der Waals surface area (Å²) in [5.41, 5.74) is 1.40. The second kappa shape index (κ2) is 5.88. The third-order valence-corrected chi connectivity index (χ3v) is 3.54. The van der Waals surface area contributed by atoms with Gasteiger partial charge in [0.25, 0.3) is 11.6 Å². The first-order chi connectivity index (χ1) is 11.1. The molecule has 2 aromatic carbocycles. The van der Waals surface area contributed by atoms with Crippen molar-refractivity contribution in [2.45, 2.75) is 0 Å². The maximum absolute atomic E-state index is 12.1. The van der Waals surface area contributed by atoms with E-state index < -0.39 is 4.92 Å². The summed E-state index contributed by atoms with van der Waals surface area (Å²) in [6.07, 6.45) is 0. The molecule has 23 heavy (non-hydrogen) atoms. The van der Waals surface area contributed by atoms with Crippen molar-refractivity contribution in [1.29, 1.82) is 0 Å². The molecule has 0 spiro atoms. The van der Waals surface area contributed by atoms with Crippen molar-refractivity contribution in [2.24, 2.45) is 4.99 Å². The number of aliphatic imine (C=N–C) groups is 1. The molecule has 1 amide bonds. The summed E-state index contributed by atoms with van der Waals surface area (Å²) >= 11 is 0. The minimum absolute atomic E-state index is 0.0818. The zero-order valence-electron chi connectivity index (χ0n) is 12.3. The minimum atomic E-state index is -0.535. The van der Waals surface area contributed by atoms with E-state index in [1.165, 1.54) is 18.2 Å². The van der Waals surface area contributed by atoms with Crippen LogP contribution in [0.25, 0.3) is 0 Å². The molecule has 2 aromatic rings. The van der Waals surface area contributed by atoms with Crippen LogP contribution in [0.4, 0.5) is 11.4 Å². The summed E-state index contributed by atoms with van der Waals surface area (Å²) < 4.78 is 5.11. The number of benzene rings is 2. The molecular formula is C16H13N3O4. The molecule has 1 N–H and O–H groups in total. The van der Waals surface area contributed by atoms with Crippen LogP contribution in [0.3, 0.4) is 0 Å². The fourth-order valence-electron chi connectivity index (χ4n) is 2.36. The minimum Gasteiger partial charge on any atom is -0.497 e. The predicted molar refractivity (Wildman–Crippen MR) is 84.6 cm³/mol. The molecule has 1 heterocycles. The summed E-state index contributed by atoms with van der Waals surface area (Å²) in [7, 11) is 1.57. The summed E-state index contributed by atoms with van der Waals surface area (Å²) in [4.78, 5) is 27.2. The number of ether oxygens (including phenoxy) is 1. The van der Waals surface area contributed by atoms with Crippen molar-refractivity contribution < 1.29 is 14.5 Å². The largest absolute Gasteiger partial charge is 0.497 e. The van der Waals surface area contributed by atoms with E-state index in [0.717, 1.165) is 5.56 Å². The number of para-hydroxylation sites is 1. The van der Waals surface area contributed by atoms with Crippen molar-refractivity contribution in [3.63, 3.8) is 0 Å². The quantitative estimate of drug-likeness (QED) is 0.696. The fourth-order valence-corrected chi connectivity index (χ4v) is 2.36. The van der Waals surface area contributed by atoms with E-state index in [-0.39, 0.29) is 29.4 Å². The highest BCUT2D eigenvalue weighted by molar-refractivity contribution is 6.11. The third kappa shape index (κ3) is 2.76. The molecule has 0 atom stereocenters. The average molecular weight is 311 g/mol. The molecule has 0 saturated heterocycles. The van der Waals surface area contributed by atoms with Gasteiger partial charge in [-0.3, -0.25) is 14.9 Å². The summed E-state index contributed by atoms with van der Waals surface area (Å²) in [6, 6.07) is 11.5. The van der Waals surface area contributed by atoms with Gasteiger partial charge in [0.05, 0.1) is 29.9 Å². The highest BCUT2D eigenvalue weighted by Gasteiger charge is 2.25. The Balaban J connectivity index is 2.13. The standard InChI is InChI=1S/C16H13N3O4/c1-23-11-7-5-10(6-8-11)13-9-17-16(20)12-3-2-4-14(19(21)22)15(12)18-13/h2-8H,9H2,1H3,(H,17,20). The number of methoxy groups -OCH3 is 1. The predicted octanol–water partition coefficient (Wildman–Crippen LogP) is 2.47. The number of hydrogen-bond donors (Lipinski definition) is 1. The van der Waals surface area contributed by atoms with Crippen LogP contribution in [0.2, 0.25) is 0 Å². The number of amides is 1. The van der Waals surface area contributed by atoms with Crippen molar-refractivity contribution >= 4 is 23.0 Å². The average Bonchev–Trinajstić information content (AvgIpc) is 2.74. The van der Waals surface area contributed by atoms with Gasteiger partial charge in [0, 0.05) is 6.07 Å². The number of nitro groups is 1. The first-order valence-corrected chi connectivity index (χ1v) is 6.87. The maximum Gasteiger partial charge on any atom is 0.295 e. The van der Waals surface area contributed by atoms with Crippen LogP contribution in [0.1, 0.15) is 15.9 Å². The van der Waals surface area contributed by atoms with Gasteiger partial charge in [-0.05, 0) is 35.9 Å². The zero-order chi connectivity index (χ0) is 16.4. The number of carbonyl (C=O) groups is 1. The number of hydrogen-bond acceptors (Lipinski definition) is 5. The lowest BCUT2D eigenvalue weighted by atomic mass is 10.1. The zero-order valence-corrected chi connectivity index (χ0v) is 12.3. The monoisotopic (exact) mass is 311 g/mol. The Kier molecular flexibility index (Phi) is 3.76. The van der Waals surface area contributed by atoms with Crippen LogP contribution in [-0.2, 0) is 0 Å². The number of carbonyl (C=O) groups excluding carboxylic acids is 1. The number of nitro benzene ring substituents is 1. The molecule has 0 fully saturated rings. The number of rotatable bonds is 3. The van der Waals surface area contributed by atoms with Gasteiger partial charge in [-0.15, -0.1) is 0 Å². The molecule has 0 radical (unpaired) electrons. The number of fused-ring (bicyclic) bond motifs is 1. The first kappa shape index (κ1) is 14.7. The van der Waals surface area contributed by atoms with Gasteiger partial charge in [0.1, 0.15) is 5.75 Å². The highest BCUT2D eigenvalue weighted by Crippen LogP contribution is 2.33. The Bertz CT molecular complexity index is 813. The van der Waals surface area contributed by atoms with E-state index in [1.54, 1.807) is 31.4 Å². The Morgan fingerprint density at radius 1 is 1.22 bits per heavy atom. The Hall–Kier alpha value is -3.22. The van der Waals surface area contributed by atoms with Crippen LogP contribution in [0.15, 0.2) is 47.5 Å². The topological polar surface area (TPSA) is 93.8 Å². The molecule has 1 aliphatic rings. The van der Waals surface area contributed by atoms with Gasteiger partial charge in [0.15, 0.2) is 5.69 Å². The molecule has 0 bridgehead atoms. The molecule has 0 saturated carbocycles. The molecule has 7 nitrogen and oxygen atoms in total. The van der Waals surface area contributed by atoms with E-state index in [1.807, 2.05) is 0 Å². The van der Waals surface area contributed by atoms with Crippen LogP contribution >= 0.6 is 0 Å². The van der Waals surface area contributed by atoms with Gasteiger partial charge in [-0.2, -0.15) is 0 Å². The van der Waals surface area contributed by atoms with Crippen LogP contribution in [-0.4, -0.2) is 30.2 Å². The summed E-state index contributed by atoms with van der Waals surface area (Å²) in [5, 5.41) is 13.9. The van der Waals surface area contributed by atoms with Crippen LogP contribution in [0, 0.1) is 10.1 Å². The first-order valence-electron chi connectivity index (χ1n) is 6.87. The lowest BCUT2D eigenvalue weighted by Gasteiger charge is -2.06. The molecule has 7 heteroatoms. The van der Waals surface area contributed by atoms with Crippen LogP contribution < -0.4 is 10.1 Å². The van der Waals surface area contributed by atoms with E-state index >= 15 is 0 Å². The normalized spacial score (nSPS) is 13.4. The van der Waals surface area contributed by atoms with Gasteiger partial charge in [-0.1, -0.05) is 6.07 Å². The smallest absolute Gasteiger partial charge is 0.295 e. The molecule has 3 rings (SSSR count). The lowest BCUT2D eigenvalue weighted by molar-refractivity contribution is -0.384. The van der Waals surface area contributed by atoms with Gasteiger partial charge >= 0.3 is 0 Å². The number of nitrogens with one attached hydrogen (secondary N) is 1. The van der Waals surface area contributed by atoms with Crippen molar-refractivity contribution in [3.8, 4) is 5.75 Å². The Morgan fingerprint density at radius 3 is 2.61 bits per heavy atom. The Labute approximate surface area is 131 Å². The molecule has 0 aliphatic carbocycles. The third-order valence-electron chi connectivity index (χ3n) is 3.54. The van der Waals surface area contributed by atoms with E-state index in [4.69, 9.17) is 4.74 Å². The van der Waals surface area contributed by atoms with Gasteiger partial charge in [-0.25, -0.2) is 4.99 Å². The molecule has 0 aromatic heterocycles. The molecule has 116 valence electrons. The maximum atomic E-state index is 12.1. The molecular weight excluding hydrogens is 298 g/mol.